The van der Waals surface area contributed by atoms with E-state index in [-0.39, 0.29) is 0 Å². The minimum absolute atomic E-state index is 0.649. The highest BCUT2D eigenvalue weighted by Gasteiger charge is 1.94. The maximum atomic E-state index is 5.12. The first kappa shape index (κ1) is 5.83. The maximum absolute atomic E-state index is 5.12. The van der Waals surface area contributed by atoms with Crippen LogP contribution in [0.5, 0.6) is 0 Å². The summed E-state index contributed by atoms with van der Waals surface area (Å²) in [7, 11) is 0.649. The van der Waals surface area contributed by atoms with Gasteiger partial charge in [-0.1, -0.05) is 11.4 Å². The van der Waals surface area contributed by atoms with Crippen LogP contribution < -0.4 is 5.32 Å². The molecular weight excluding hydrogens is 129 g/mol. The molecule has 4 heteroatoms. The van der Waals surface area contributed by atoms with E-state index in [0.29, 0.717) is 8.01 Å². The molecule has 0 aromatic heterocycles. The zero-order valence-corrected chi connectivity index (χ0v) is 5.75. The third-order valence-corrected chi connectivity index (χ3v) is 2.60. The Balaban J connectivity index is 2.04. The standard InChI is InChI=1S/C3H8NOPS/c1-2-5-6-7-3-4-1/h4,6H,1-3H2. The smallest absolute Gasteiger partial charge is 0.0758 e. The molecule has 0 spiro atoms. The van der Waals surface area contributed by atoms with Gasteiger partial charge in [0.1, 0.15) is 0 Å². The molecule has 1 heterocycles. The molecule has 7 heavy (non-hydrogen) atoms. The molecule has 1 aliphatic heterocycles. The van der Waals surface area contributed by atoms with Crippen molar-refractivity contribution in [3.63, 3.8) is 0 Å². The second-order valence-electron chi connectivity index (χ2n) is 1.22. The topological polar surface area (TPSA) is 21.3 Å². The van der Waals surface area contributed by atoms with Crippen molar-refractivity contribution < 1.29 is 4.52 Å². The SMILES string of the molecule is C1COPSCN1. The third kappa shape index (κ3) is 2.50. The van der Waals surface area contributed by atoms with Crippen molar-refractivity contribution >= 4 is 19.4 Å². The van der Waals surface area contributed by atoms with Gasteiger partial charge in [-0.05, 0) is 0 Å². The summed E-state index contributed by atoms with van der Waals surface area (Å²) in [6, 6.07) is 0. The Morgan fingerprint density at radius 3 is 3.71 bits per heavy atom. The van der Waals surface area contributed by atoms with Crippen molar-refractivity contribution in [1.82, 2.24) is 5.32 Å². The lowest BCUT2D eigenvalue weighted by Crippen LogP contribution is -2.14. The summed E-state index contributed by atoms with van der Waals surface area (Å²) in [6.07, 6.45) is 0. The van der Waals surface area contributed by atoms with Crippen LogP contribution in [0.4, 0.5) is 0 Å². The predicted molar refractivity (Wildman–Crippen MR) is 34.7 cm³/mol. The van der Waals surface area contributed by atoms with Gasteiger partial charge in [-0.2, -0.15) is 0 Å². The average Bonchev–Trinajstić information content (AvgIpc) is 1.90. The van der Waals surface area contributed by atoms with Gasteiger partial charge in [0, 0.05) is 12.4 Å². The fourth-order valence-corrected chi connectivity index (χ4v) is 1.92. The van der Waals surface area contributed by atoms with Crippen molar-refractivity contribution in [3.05, 3.63) is 0 Å². The summed E-state index contributed by atoms with van der Waals surface area (Å²) < 4.78 is 5.12. The number of hydrogen-bond acceptors (Lipinski definition) is 3. The van der Waals surface area contributed by atoms with E-state index in [9.17, 15) is 0 Å². The summed E-state index contributed by atoms with van der Waals surface area (Å²) in [6.45, 7) is 1.89. The highest BCUT2D eigenvalue weighted by molar-refractivity contribution is 8.48. The van der Waals surface area contributed by atoms with Gasteiger partial charge in [0.05, 0.1) is 14.6 Å². The average molecular weight is 137 g/mol. The molecule has 0 aromatic rings. The van der Waals surface area contributed by atoms with Gasteiger partial charge in [0.2, 0.25) is 0 Å². The van der Waals surface area contributed by atoms with Gasteiger partial charge < -0.3 is 9.84 Å². The number of nitrogens with one attached hydrogen (secondary N) is 1. The molecule has 42 valence electrons. The Kier molecular flexibility index (Phi) is 3.06. The largest absolute Gasteiger partial charge is 0.350 e. The Hall–Kier alpha value is 0.700. The molecule has 1 atom stereocenters. The molecule has 0 aromatic carbocycles. The van der Waals surface area contributed by atoms with Gasteiger partial charge in [0.25, 0.3) is 0 Å². The zero-order chi connectivity index (χ0) is 4.95. The zero-order valence-electron chi connectivity index (χ0n) is 3.94. The summed E-state index contributed by atoms with van der Waals surface area (Å²) >= 11 is 1.81. The van der Waals surface area contributed by atoms with Crippen molar-refractivity contribution in [2.75, 3.05) is 19.0 Å². The van der Waals surface area contributed by atoms with Crippen LogP contribution >= 0.6 is 19.4 Å². The molecule has 1 aliphatic rings. The lowest BCUT2D eigenvalue weighted by atomic mass is 10.7. The predicted octanol–water partition coefficient (Wildman–Crippen LogP) is 0.805. The first-order chi connectivity index (χ1) is 3.50. The van der Waals surface area contributed by atoms with E-state index in [4.69, 9.17) is 4.52 Å². The van der Waals surface area contributed by atoms with Crippen molar-refractivity contribution in [2.45, 2.75) is 0 Å². The van der Waals surface area contributed by atoms with E-state index in [0.717, 1.165) is 19.0 Å². The molecule has 0 bridgehead atoms. The van der Waals surface area contributed by atoms with E-state index in [1.165, 1.54) is 0 Å². The van der Waals surface area contributed by atoms with Gasteiger partial charge in [-0.25, -0.2) is 0 Å². The number of hydrogen-bond donors (Lipinski definition) is 1. The molecular formula is C3H8NOPS. The summed E-state index contributed by atoms with van der Waals surface area (Å²) in [5.74, 6) is 1.05. The first-order valence-electron chi connectivity index (χ1n) is 2.19. The summed E-state index contributed by atoms with van der Waals surface area (Å²) in [5, 5.41) is 3.19. The van der Waals surface area contributed by atoms with Gasteiger partial charge in [-0.3, -0.25) is 0 Å². The van der Waals surface area contributed by atoms with E-state index < -0.39 is 0 Å². The Morgan fingerprint density at radius 2 is 2.71 bits per heavy atom. The second kappa shape index (κ2) is 3.67. The van der Waals surface area contributed by atoms with Gasteiger partial charge in [0.15, 0.2) is 0 Å². The van der Waals surface area contributed by atoms with Crippen molar-refractivity contribution in [1.29, 1.82) is 0 Å². The minimum Gasteiger partial charge on any atom is -0.350 e. The third-order valence-electron chi connectivity index (χ3n) is 0.673. The normalized spacial score (nSPS) is 27.4. The van der Waals surface area contributed by atoms with Crippen LogP contribution in [0.2, 0.25) is 0 Å². The van der Waals surface area contributed by atoms with Gasteiger partial charge in [-0.15, -0.1) is 0 Å². The Bertz CT molecular complexity index is 34.5. The lowest BCUT2D eigenvalue weighted by Gasteiger charge is -1.90. The van der Waals surface area contributed by atoms with Crippen LogP contribution in [0.1, 0.15) is 0 Å². The Labute approximate surface area is 49.0 Å². The Morgan fingerprint density at radius 1 is 1.71 bits per heavy atom. The fraction of sp³-hybridized carbons (Fsp3) is 1.00. The highest BCUT2D eigenvalue weighted by atomic mass is 32.7. The molecule has 1 rings (SSSR count). The minimum atomic E-state index is 0.649. The monoisotopic (exact) mass is 137 g/mol. The van der Waals surface area contributed by atoms with E-state index in [1.54, 1.807) is 0 Å². The molecule has 0 radical (unpaired) electrons. The lowest BCUT2D eigenvalue weighted by molar-refractivity contribution is 0.371. The van der Waals surface area contributed by atoms with Gasteiger partial charge >= 0.3 is 0 Å². The van der Waals surface area contributed by atoms with E-state index >= 15 is 0 Å². The van der Waals surface area contributed by atoms with Crippen molar-refractivity contribution in [2.24, 2.45) is 0 Å². The molecule has 1 unspecified atom stereocenters. The quantitative estimate of drug-likeness (QED) is 0.499. The van der Waals surface area contributed by atoms with Crippen LogP contribution in [0, 0.1) is 0 Å². The fourth-order valence-electron chi connectivity index (χ4n) is 0.359. The molecule has 1 N–H and O–H groups in total. The first-order valence-corrected chi connectivity index (χ1v) is 4.81. The second-order valence-corrected chi connectivity index (χ2v) is 3.62. The molecule has 1 fully saturated rings. The highest BCUT2D eigenvalue weighted by Crippen LogP contribution is 2.29. The molecule has 2 nitrogen and oxygen atoms in total. The van der Waals surface area contributed by atoms with Crippen LogP contribution in [-0.2, 0) is 4.52 Å². The van der Waals surface area contributed by atoms with Crippen molar-refractivity contribution in [3.8, 4) is 0 Å². The van der Waals surface area contributed by atoms with Crippen LogP contribution in [0.3, 0.4) is 0 Å². The molecule has 0 amide bonds. The van der Waals surface area contributed by atoms with Crippen LogP contribution in [0.25, 0.3) is 0 Å². The molecule has 1 saturated heterocycles. The summed E-state index contributed by atoms with van der Waals surface area (Å²) in [4.78, 5) is 0. The number of rotatable bonds is 0. The van der Waals surface area contributed by atoms with Crippen LogP contribution in [0.15, 0.2) is 0 Å². The molecule has 0 aliphatic carbocycles. The van der Waals surface area contributed by atoms with Crippen LogP contribution in [-0.4, -0.2) is 19.0 Å². The molecule has 0 saturated carbocycles. The maximum Gasteiger partial charge on any atom is 0.0758 e. The van der Waals surface area contributed by atoms with E-state index in [2.05, 4.69) is 5.32 Å². The summed E-state index contributed by atoms with van der Waals surface area (Å²) in [5.41, 5.74) is 0. The van der Waals surface area contributed by atoms with E-state index in [1.807, 2.05) is 11.4 Å².